The number of fused-ring (bicyclic) bond motifs is 2. The number of aromatic nitrogens is 4. The monoisotopic (exact) mass is 526 g/mol. The number of nitrogens with two attached hydrogens (primary N) is 1. The van der Waals surface area contributed by atoms with Crippen LogP contribution in [0.1, 0.15) is 48.8 Å². The van der Waals surface area contributed by atoms with Crippen LogP contribution in [-0.2, 0) is 24.2 Å². The summed E-state index contributed by atoms with van der Waals surface area (Å²) in [5, 5.41) is 15.8. The number of aliphatic hydroxyl groups is 1. The molecule has 3 heterocycles. The van der Waals surface area contributed by atoms with Crippen molar-refractivity contribution in [2.75, 3.05) is 13.1 Å². The minimum absolute atomic E-state index is 0.0899. The standard InChI is InChI=1S/C30H34N6O3/c1-20(21-5-3-2-4-6-21)13-27(37)34-11-9-30(39,10-12-34)18-35-19-33-36-26(17-32-28(36)29(35)38)23-8-7-22-15-25(31)16-24(22)14-23/h2-8,14,17,19-20,25,39H,9-13,15-16,18,31H2,1H3/t20-,25?/m1/s1. The van der Waals surface area contributed by atoms with E-state index >= 15 is 0 Å². The Balaban J connectivity index is 1.13. The summed E-state index contributed by atoms with van der Waals surface area (Å²) >= 11 is 0. The summed E-state index contributed by atoms with van der Waals surface area (Å²) in [6.07, 6.45) is 6.09. The number of likely N-dealkylation sites (tertiary alicyclic amines) is 1. The topological polar surface area (TPSA) is 119 Å². The van der Waals surface area contributed by atoms with E-state index in [2.05, 4.69) is 29.1 Å². The van der Waals surface area contributed by atoms with Crippen LogP contribution in [-0.4, -0.2) is 59.8 Å². The molecule has 0 bridgehead atoms. The Bertz CT molecular complexity index is 1570. The van der Waals surface area contributed by atoms with Gasteiger partial charge in [0.25, 0.3) is 5.56 Å². The van der Waals surface area contributed by atoms with Gasteiger partial charge in [0.15, 0.2) is 0 Å². The first kappa shape index (κ1) is 25.5. The van der Waals surface area contributed by atoms with Crippen molar-refractivity contribution in [3.05, 3.63) is 88.1 Å². The molecule has 2 aliphatic rings. The first-order valence-electron chi connectivity index (χ1n) is 13.7. The van der Waals surface area contributed by atoms with Gasteiger partial charge in [0, 0.05) is 31.1 Å². The van der Waals surface area contributed by atoms with Crippen molar-refractivity contribution >= 4 is 11.6 Å². The molecule has 4 aromatic rings. The molecule has 0 radical (unpaired) electrons. The van der Waals surface area contributed by atoms with Crippen molar-refractivity contribution in [3.63, 3.8) is 0 Å². The van der Waals surface area contributed by atoms with Crippen LogP contribution in [0.3, 0.4) is 0 Å². The lowest BCUT2D eigenvalue weighted by atomic mass is 9.90. The fourth-order valence-electron chi connectivity index (χ4n) is 5.96. The van der Waals surface area contributed by atoms with Crippen molar-refractivity contribution < 1.29 is 9.90 Å². The first-order valence-corrected chi connectivity index (χ1v) is 13.7. The zero-order valence-corrected chi connectivity index (χ0v) is 22.2. The average Bonchev–Trinajstić information content (AvgIpc) is 3.53. The maximum atomic E-state index is 13.3. The summed E-state index contributed by atoms with van der Waals surface area (Å²) in [5.41, 5.74) is 10.3. The van der Waals surface area contributed by atoms with E-state index in [1.165, 1.54) is 22.0 Å². The van der Waals surface area contributed by atoms with Gasteiger partial charge in [-0.25, -0.2) is 9.50 Å². The molecule has 1 saturated heterocycles. The van der Waals surface area contributed by atoms with E-state index in [1.54, 1.807) is 10.7 Å². The Morgan fingerprint density at radius 2 is 1.87 bits per heavy atom. The highest BCUT2D eigenvalue weighted by atomic mass is 16.3. The Hall–Kier alpha value is -3.82. The molecule has 6 rings (SSSR count). The zero-order valence-electron chi connectivity index (χ0n) is 22.2. The third kappa shape index (κ3) is 4.99. The Kier molecular flexibility index (Phi) is 6.56. The van der Waals surface area contributed by atoms with Crippen LogP contribution in [0.15, 0.2) is 65.8 Å². The number of hydrogen-bond donors (Lipinski definition) is 2. The second-order valence-corrected chi connectivity index (χ2v) is 11.2. The van der Waals surface area contributed by atoms with E-state index in [-0.39, 0.29) is 35.6 Å². The summed E-state index contributed by atoms with van der Waals surface area (Å²) < 4.78 is 3.00. The molecule has 1 aliphatic heterocycles. The summed E-state index contributed by atoms with van der Waals surface area (Å²) in [7, 11) is 0. The van der Waals surface area contributed by atoms with Gasteiger partial charge in [0.05, 0.1) is 24.0 Å². The molecule has 1 fully saturated rings. The maximum Gasteiger partial charge on any atom is 0.296 e. The van der Waals surface area contributed by atoms with Crippen LogP contribution in [0.5, 0.6) is 0 Å². The molecule has 202 valence electrons. The van der Waals surface area contributed by atoms with Gasteiger partial charge in [0.2, 0.25) is 11.6 Å². The van der Waals surface area contributed by atoms with Gasteiger partial charge >= 0.3 is 0 Å². The van der Waals surface area contributed by atoms with E-state index in [0.29, 0.717) is 32.4 Å². The average molecular weight is 527 g/mol. The van der Waals surface area contributed by atoms with Crippen LogP contribution in [0.2, 0.25) is 0 Å². The molecule has 39 heavy (non-hydrogen) atoms. The van der Waals surface area contributed by atoms with Crippen LogP contribution in [0, 0.1) is 0 Å². The molecule has 9 heteroatoms. The van der Waals surface area contributed by atoms with Crippen molar-refractivity contribution in [2.24, 2.45) is 5.73 Å². The number of benzene rings is 2. The van der Waals surface area contributed by atoms with E-state index in [0.717, 1.165) is 29.7 Å². The number of rotatable bonds is 6. The van der Waals surface area contributed by atoms with Crippen LogP contribution in [0.25, 0.3) is 16.9 Å². The maximum absolute atomic E-state index is 13.3. The fourth-order valence-corrected chi connectivity index (χ4v) is 5.96. The summed E-state index contributed by atoms with van der Waals surface area (Å²) in [5.74, 6) is 0.219. The molecule has 0 spiro atoms. The molecular formula is C30H34N6O3. The van der Waals surface area contributed by atoms with Gasteiger partial charge in [-0.05, 0) is 54.4 Å². The van der Waals surface area contributed by atoms with Gasteiger partial charge in [-0.3, -0.25) is 14.2 Å². The molecule has 2 atom stereocenters. The number of carbonyl (C=O) groups is 1. The number of hydrogen-bond acceptors (Lipinski definition) is 6. The van der Waals surface area contributed by atoms with Crippen molar-refractivity contribution in [2.45, 2.75) is 63.1 Å². The molecule has 3 N–H and O–H groups in total. The number of imidazole rings is 1. The van der Waals surface area contributed by atoms with E-state index in [1.807, 2.05) is 41.3 Å². The Labute approximate surface area is 226 Å². The third-order valence-electron chi connectivity index (χ3n) is 8.32. The lowest BCUT2D eigenvalue weighted by Crippen LogP contribution is -2.50. The second-order valence-electron chi connectivity index (χ2n) is 11.2. The lowest BCUT2D eigenvalue weighted by molar-refractivity contribution is -0.136. The molecule has 2 aromatic carbocycles. The SMILES string of the molecule is C[C@H](CC(=O)N1CCC(O)(Cn2cnn3c(-c4ccc5c(c4)CC(N)C5)cnc3c2=O)CC1)c1ccccc1. The minimum atomic E-state index is -1.10. The highest BCUT2D eigenvalue weighted by molar-refractivity contribution is 5.77. The van der Waals surface area contributed by atoms with E-state index < -0.39 is 5.60 Å². The predicted octanol–water partition coefficient (Wildman–Crippen LogP) is 2.53. The summed E-state index contributed by atoms with van der Waals surface area (Å²) in [6, 6.07) is 16.4. The second kappa shape index (κ2) is 10.1. The quantitative estimate of drug-likeness (QED) is 0.399. The smallest absolute Gasteiger partial charge is 0.296 e. The van der Waals surface area contributed by atoms with Crippen molar-refractivity contribution in [3.8, 4) is 11.3 Å². The number of piperidine rings is 1. The molecule has 1 amide bonds. The highest BCUT2D eigenvalue weighted by Gasteiger charge is 2.35. The predicted molar refractivity (Wildman–Crippen MR) is 148 cm³/mol. The first-order chi connectivity index (χ1) is 18.8. The van der Waals surface area contributed by atoms with Crippen LogP contribution in [0.4, 0.5) is 0 Å². The molecule has 1 aliphatic carbocycles. The Morgan fingerprint density at radius 1 is 1.13 bits per heavy atom. The largest absolute Gasteiger partial charge is 0.388 e. The van der Waals surface area contributed by atoms with E-state index in [4.69, 9.17) is 5.73 Å². The zero-order chi connectivity index (χ0) is 27.1. The number of carbonyl (C=O) groups excluding carboxylic acids is 1. The van der Waals surface area contributed by atoms with Gasteiger partial charge in [-0.2, -0.15) is 5.10 Å². The van der Waals surface area contributed by atoms with Crippen LogP contribution >= 0.6 is 0 Å². The summed E-state index contributed by atoms with van der Waals surface area (Å²) in [4.78, 5) is 32.4. The third-order valence-corrected chi connectivity index (χ3v) is 8.32. The van der Waals surface area contributed by atoms with Crippen molar-refractivity contribution in [1.29, 1.82) is 0 Å². The lowest BCUT2D eigenvalue weighted by Gasteiger charge is -2.38. The van der Waals surface area contributed by atoms with Crippen molar-refractivity contribution in [1.82, 2.24) is 24.1 Å². The molecular weight excluding hydrogens is 492 g/mol. The Morgan fingerprint density at radius 3 is 2.64 bits per heavy atom. The number of nitrogens with zero attached hydrogens (tertiary/aromatic N) is 5. The van der Waals surface area contributed by atoms with Gasteiger partial charge < -0.3 is 15.7 Å². The molecule has 0 saturated carbocycles. The van der Waals surface area contributed by atoms with E-state index in [9.17, 15) is 14.7 Å². The normalized spacial score (nSPS) is 19.3. The highest BCUT2D eigenvalue weighted by Crippen LogP contribution is 2.29. The van der Waals surface area contributed by atoms with Crippen LogP contribution < -0.4 is 11.3 Å². The fraction of sp³-hybridized carbons (Fsp3) is 0.400. The van der Waals surface area contributed by atoms with Gasteiger partial charge in [-0.15, -0.1) is 0 Å². The molecule has 1 unspecified atom stereocenters. The van der Waals surface area contributed by atoms with Gasteiger partial charge in [0.1, 0.15) is 6.33 Å². The minimum Gasteiger partial charge on any atom is -0.388 e. The summed E-state index contributed by atoms with van der Waals surface area (Å²) in [6.45, 7) is 3.08. The number of amides is 1. The molecule has 2 aromatic heterocycles. The van der Waals surface area contributed by atoms with Gasteiger partial charge in [-0.1, -0.05) is 49.4 Å². The molecule has 9 nitrogen and oxygen atoms in total.